The van der Waals surface area contributed by atoms with Gasteiger partial charge in [0, 0.05) is 6.92 Å². The van der Waals surface area contributed by atoms with E-state index in [1.165, 1.54) is 17.8 Å². The molecule has 0 aliphatic carbocycles. The van der Waals surface area contributed by atoms with Crippen molar-refractivity contribution in [1.82, 2.24) is 19.5 Å². The fourth-order valence-corrected chi connectivity index (χ4v) is 4.62. The molecule has 0 radical (unpaired) electrons. The number of benzene rings is 2. The zero-order chi connectivity index (χ0) is 26.7. The standard InChI is InChI=1S/C27H28FN5O5/c1-17(34)37-21-22(36-14-19-11-7-4-8-12-19)27(2,15-35-13-18-9-5-3-6-10-18)38-25(21)33-16-30-20-23(29)31-26(28)32-24(20)33/h3-12,16,21-22,25H,13-15H2,1-2H3,(H2,29,31,32)/t21-,22+,25-,27-/m1/s1. The molecule has 0 unspecified atom stereocenters. The van der Waals surface area contributed by atoms with Crippen molar-refractivity contribution in [2.45, 2.75) is 51.1 Å². The average molecular weight is 522 g/mol. The van der Waals surface area contributed by atoms with Gasteiger partial charge in [-0.3, -0.25) is 9.36 Å². The SMILES string of the molecule is CC(=O)O[C@H]1[C@H](n2cnc3c(N)nc(F)nc32)O[C@](C)(COCc2ccccc2)[C@H]1OCc1ccccc1. The molecule has 2 aromatic heterocycles. The summed E-state index contributed by atoms with van der Waals surface area (Å²) in [6.07, 6.45) is -2.25. The maximum Gasteiger partial charge on any atom is 0.312 e. The van der Waals surface area contributed by atoms with Crippen LogP contribution in [0.15, 0.2) is 67.0 Å². The minimum Gasteiger partial charge on any atom is -0.455 e. The molecule has 2 aromatic carbocycles. The van der Waals surface area contributed by atoms with Crippen molar-refractivity contribution in [2.75, 3.05) is 12.3 Å². The van der Waals surface area contributed by atoms with Crippen molar-refractivity contribution in [3.63, 3.8) is 0 Å². The van der Waals surface area contributed by atoms with E-state index in [9.17, 15) is 9.18 Å². The zero-order valence-corrected chi connectivity index (χ0v) is 21.0. The third-order valence-electron chi connectivity index (χ3n) is 6.34. The van der Waals surface area contributed by atoms with E-state index in [1.54, 1.807) is 0 Å². The van der Waals surface area contributed by atoms with E-state index >= 15 is 0 Å². The van der Waals surface area contributed by atoms with Gasteiger partial charge < -0.3 is 24.7 Å². The van der Waals surface area contributed by atoms with E-state index in [4.69, 9.17) is 24.7 Å². The molecule has 38 heavy (non-hydrogen) atoms. The van der Waals surface area contributed by atoms with Gasteiger partial charge in [-0.05, 0) is 18.1 Å². The normalized spacial score (nSPS) is 23.1. The highest BCUT2D eigenvalue weighted by Crippen LogP contribution is 2.42. The number of aromatic nitrogens is 4. The van der Waals surface area contributed by atoms with Crippen molar-refractivity contribution in [3.05, 3.63) is 84.2 Å². The number of halogens is 1. The fourth-order valence-electron chi connectivity index (χ4n) is 4.62. The molecule has 0 amide bonds. The van der Waals surface area contributed by atoms with Crippen molar-refractivity contribution < 1.29 is 28.1 Å². The Balaban J connectivity index is 1.49. The first kappa shape index (κ1) is 25.7. The molecule has 0 saturated carbocycles. The summed E-state index contributed by atoms with van der Waals surface area (Å²) < 4.78 is 40.3. The number of esters is 1. The Morgan fingerprint density at radius 2 is 1.74 bits per heavy atom. The Morgan fingerprint density at radius 3 is 2.39 bits per heavy atom. The smallest absolute Gasteiger partial charge is 0.312 e. The molecule has 4 aromatic rings. The molecule has 0 bridgehead atoms. The Hall–Kier alpha value is -3.93. The highest BCUT2D eigenvalue weighted by Gasteiger charge is 2.56. The van der Waals surface area contributed by atoms with Gasteiger partial charge in [0.25, 0.3) is 0 Å². The van der Waals surface area contributed by atoms with Gasteiger partial charge >= 0.3 is 12.0 Å². The highest BCUT2D eigenvalue weighted by molar-refractivity contribution is 5.81. The lowest BCUT2D eigenvalue weighted by atomic mass is 9.97. The minimum atomic E-state index is -1.07. The van der Waals surface area contributed by atoms with E-state index in [0.717, 1.165) is 11.1 Å². The van der Waals surface area contributed by atoms with Gasteiger partial charge in [0.2, 0.25) is 0 Å². The molecule has 11 heteroatoms. The van der Waals surface area contributed by atoms with Crippen molar-refractivity contribution in [1.29, 1.82) is 0 Å². The maximum absolute atomic E-state index is 14.1. The van der Waals surface area contributed by atoms with Crippen LogP contribution in [-0.2, 0) is 37.0 Å². The van der Waals surface area contributed by atoms with Gasteiger partial charge in [0.05, 0.1) is 26.1 Å². The van der Waals surface area contributed by atoms with Crippen LogP contribution >= 0.6 is 0 Å². The monoisotopic (exact) mass is 521 g/mol. The van der Waals surface area contributed by atoms with E-state index in [0.29, 0.717) is 6.61 Å². The average Bonchev–Trinajstić information content (AvgIpc) is 3.42. The molecule has 0 spiro atoms. The number of ether oxygens (including phenoxy) is 4. The van der Waals surface area contributed by atoms with Crippen LogP contribution in [0, 0.1) is 6.08 Å². The summed E-state index contributed by atoms with van der Waals surface area (Å²) in [5.41, 5.74) is 7.02. The third kappa shape index (κ3) is 5.35. The van der Waals surface area contributed by atoms with Crippen LogP contribution in [0.4, 0.5) is 10.2 Å². The summed E-state index contributed by atoms with van der Waals surface area (Å²) in [6, 6.07) is 19.3. The summed E-state index contributed by atoms with van der Waals surface area (Å²) in [5, 5.41) is 0. The number of rotatable bonds is 9. The Morgan fingerprint density at radius 1 is 1.08 bits per heavy atom. The summed E-state index contributed by atoms with van der Waals surface area (Å²) in [4.78, 5) is 23.9. The van der Waals surface area contributed by atoms with Crippen LogP contribution in [0.1, 0.15) is 31.2 Å². The molecule has 3 heterocycles. The first-order valence-corrected chi connectivity index (χ1v) is 12.1. The highest BCUT2D eigenvalue weighted by atomic mass is 19.1. The molecular weight excluding hydrogens is 493 g/mol. The zero-order valence-electron chi connectivity index (χ0n) is 21.0. The van der Waals surface area contributed by atoms with Crippen LogP contribution < -0.4 is 5.73 Å². The number of hydrogen-bond acceptors (Lipinski definition) is 9. The summed E-state index contributed by atoms with van der Waals surface area (Å²) in [5.74, 6) is -0.643. The predicted octanol–water partition coefficient (Wildman–Crippen LogP) is 3.57. The Labute approximate surface area is 218 Å². The Bertz CT molecular complexity index is 1400. The molecule has 198 valence electrons. The first-order valence-electron chi connectivity index (χ1n) is 12.1. The molecule has 10 nitrogen and oxygen atoms in total. The number of carbonyl (C=O) groups excluding carboxylic acids is 1. The van der Waals surface area contributed by atoms with E-state index in [-0.39, 0.29) is 30.2 Å². The summed E-state index contributed by atoms with van der Waals surface area (Å²) >= 11 is 0. The van der Waals surface area contributed by atoms with E-state index < -0.39 is 36.1 Å². The maximum atomic E-state index is 14.1. The number of nitrogen functional groups attached to an aromatic ring is 1. The van der Waals surface area contributed by atoms with Gasteiger partial charge in [-0.25, -0.2) is 4.98 Å². The molecule has 1 fully saturated rings. The number of nitrogens with two attached hydrogens (primary N) is 1. The fraction of sp³-hybridized carbons (Fsp3) is 0.333. The first-order chi connectivity index (χ1) is 18.3. The molecule has 1 saturated heterocycles. The number of nitrogens with zero attached hydrogens (tertiary/aromatic N) is 4. The number of fused-ring (bicyclic) bond motifs is 1. The van der Waals surface area contributed by atoms with Crippen molar-refractivity contribution in [3.8, 4) is 0 Å². The lowest BCUT2D eigenvalue weighted by molar-refractivity contribution is -0.158. The summed E-state index contributed by atoms with van der Waals surface area (Å²) in [7, 11) is 0. The van der Waals surface area contributed by atoms with Crippen LogP contribution in [-0.4, -0.2) is 49.9 Å². The second-order valence-corrected chi connectivity index (χ2v) is 9.29. The van der Waals surface area contributed by atoms with Gasteiger partial charge in [-0.1, -0.05) is 60.7 Å². The van der Waals surface area contributed by atoms with Crippen LogP contribution in [0.5, 0.6) is 0 Å². The molecule has 5 rings (SSSR count). The lowest BCUT2D eigenvalue weighted by Gasteiger charge is -2.31. The van der Waals surface area contributed by atoms with Crippen molar-refractivity contribution >= 4 is 23.0 Å². The number of imidazole rings is 1. The summed E-state index contributed by atoms with van der Waals surface area (Å²) in [6.45, 7) is 3.83. The van der Waals surface area contributed by atoms with Crippen molar-refractivity contribution in [2.24, 2.45) is 0 Å². The van der Waals surface area contributed by atoms with Crippen LogP contribution in [0.3, 0.4) is 0 Å². The second-order valence-electron chi connectivity index (χ2n) is 9.29. The second kappa shape index (κ2) is 10.8. The minimum absolute atomic E-state index is 0.105. The Kier molecular flexibility index (Phi) is 7.32. The van der Waals surface area contributed by atoms with E-state index in [1.807, 2.05) is 67.6 Å². The third-order valence-corrected chi connectivity index (χ3v) is 6.34. The predicted molar refractivity (Wildman–Crippen MR) is 135 cm³/mol. The van der Waals surface area contributed by atoms with Gasteiger partial charge in [0.1, 0.15) is 11.7 Å². The van der Waals surface area contributed by atoms with Gasteiger partial charge in [0.15, 0.2) is 29.3 Å². The molecular formula is C27H28FN5O5. The molecule has 1 aliphatic heterocycles. The molecule has 2 N–H and O–H groups in total. The number of anilines is 1. The van der Waals surface area contributed by atoms with Gasteiger partial charge in [-0.15, -0.1) is 0 Å². The van der Waals surface area contributed by atoms with Crippen LogP contribution in [0.2, 0.25) is 0 Å². The number of carbonyl (C=O) groups is 1. The topological polar surface area (TPSA) is 124 Å². The largest absolute Gasteiger partial charge is 0.455 e. The molecule has 4 atom stereocenters. The number of hydrogen-bond donors (Lipinski definition) is 1. The van der Waals surface area contributed by atoms with Gasteiger partial charge in [-0.2, -0.15) is 14.4 Å². The van der Waals surface area contributed by atoms with Crippen LogP contribution in [0.25, 0.3) is 11.2 Å². The quantitative estimate of drug-likeness (QED) is 0.260. The van der Waals surface area contributed by atoms with E-state index in [2.05, 4.69) is 15.0 Å². The molecule has 1 aliphatic rings. The lowest BCUT2D eigenvalue weighted by Crippen LogP contribution is -2.47.